The average molecular weight is 376 g/mol. The second-order valence-corrected chi connectivity index (χ2v) is 6.03. The monoisotopic (exact) mass is 376 g/mol. The first-order valence-corrected chi connectivity index (χ1v) is 8.44. The van der Waals surface area contributed by atoms with Gasteiger partial charge in [0.15, 0.2) is 5.11 Å². The molecule has 0 aromatic heterocycles. The number of carbonyl (C=O) groups excluding carboxylic acids is 3. The van der Waals surface area contributed by atoms with Crippen LogP contribution < -0.4 is 10.1 Å². The lowest BCUT2D eigenvalue weighted by Gasteiger charge is -2.37. The van der Waals surface area contributed by atoms with E-state index in [1.165, 1.54) is 18.7 Å². The summed E-state index contributed by atoms with van der Waals surface area (Å²) in [6.45, 7) is 6.30. The molecule has 7 nitrogen and oxygen atoms in total. The van der Waals surface area contributed by atoms with Crippen LogP contribution in [-0.2, 0) is 19.1 Å². The van der Waals surface area contributed by atoms with Gasteiger partial charge in [0, 0.05) is 19.5 Å². The minimum absolute atomic E-state index is 0.206. The number of nitrogens with zero attached hydrogens (tertiary/aromatic N) is 1. The number of nitrogens with one attached hydrogen (secondary N) is 1. The quantitative estimate of drug-likeness (QED) is 0.490. The van der Waals surface area contributed by atoms with E-state index in [2.05, 4.69) is 5.32 Å². The minimum atomic E-state index is -0.730. The van der Waals surface area contributed by atoms with Crippen molar-refractivity contribution in [1.29, 1.82) is 0 Å². The van der Waals surface area contributed by atoms with Gasteiger partial charge in [0.05, 0.1) is 18.2 Å². The maximum absolute atomic E-state index is 12.5. The third-order valence-corrected chi connectivity index (χ3v) is 4.04. The minimum Gasteiger partial charge on any atom is -0.463 e. The van der Waals surface area contributed by atoms with Crippen molar-refractivity contribution in [3.8, 4) is 5.75 Å². The zero-order valence-corrected chi connectivity index (χ0v) is 15.8. The summed E-state index contributed by atoms with van der Waals surface area (Å²) in [4.78, 5) is 37.1. The van der Waals surface area contributed by atoms with Crippen LogP contribution in [0.3, 0.4) is 0 Å². The molecule has 1 aromatic carbocycles. The molecule has 0 aliphatic carbocycles. The first-order chi connectivity index (χ1) is 12.3. The van der Waals surface area contributed by atoms with Gasteiger partial charge in [-0.1, -0.05) is 12.1 Å². The lowest BCUT2D eigenvalue weighted by molar-refractivity contribution is -0.139. The summed E-state index contributed by atoms with van der Waals surface area (Å²) in [7, 11) is 0. The van der Waals surface area contributed by atoms with Crippen molar-refractivity contribution in [2.75, 3.05) is 6.61 Å². The van der Waals surface area contributed by atoms with Crippen LogP contribution in [0.2, 0.25) is 0 Å². The van der Waals surface area contributed by atoms with Crippen LogP contribution in [0.1, 0.15) is 39.3 Å². The molecule has 8 heteroatoms. The highest BCUT2D eigenvalue weighted by atomic mass is 32.1. The fourth-order valence-electron chi connectivity index (χ4n) is 2.74. The normalized spacial score (nSPS) is 16.8. The topological polar surface area (TPSA) is 84.9 Å². The van der Waals surface area contributed by atoms with Crippen LogP contribution in [-0.4, -0.2) is 34.5 Å². The predicted molar refractivity (Wildman–Crippen MR) is 98.1 cm³/mol. The predicted octanol–water partition coefficient (Wildman–Crippen LogP) is 2.23. The molecule has 0 spiro atoms. The van der Waals surface area contributed by atoms with Gasteiger partial charge in [-0.15, -0.1) is 0 Å². The van der Waals surface area contributed by atoms with Crippen molar-refractivity contribution in [3.05, 3.63) is 41.1 Å². The van der Waals surface area contributed by atoms with Crippen LogP contribution >= 0.6 is 12.2 Å². The fraction of sp³-hybridized carbons (Fsp3) is 0.333. The number of esters is 2. The molecule has 138 valence electrons. The summed E-state index contributed by atoms with van der Waals surface area (Å²) in [5.41, 5.74) is 1.47. The van der Waals surface area contributed by atoms with Gasteiger partial charge in [0.25, 0.3) is 0 Å². The van der Waals surface area contributed by atoms with E-state index < -0.39 is 18.0 Å². The molecule has 1 amide bonds. The van der Waals surface area contributed by atoms with E-state index >= 15 is 0 Å². The second-order valence-electron chi connectivity index (χ2n) is 5.64. The third kappa shape index (κ3) is 4.08. The van der Waals surface area contributed by atoms with E-state index in [0.29, 0.717) is 22.6 Å². The van der Waals surface area contributed by atoms with E-state index in [4.69, 9.17) is 21.7 Å². The van der Waals surface area contributed by atoms with Gasteiger partial charge in [-0.25, -0.2) is 4.79 Å². The Morgan fingerprint density at radius 2 is 1.81 bits per heavy atom. The Balaban J connectivity index is 2.54. The van der Waals surface area contributed by atoms with Gasteiger partial charge >= 0.3 is 11.9 Å². The summed E-state index contributed by atoms with van der Waals surface area (Å²) in [5.74, 6) is -0.911. The molecule has 26 heavy (non-hydrogen) atoms. The zero-order chi connectivity index (χ0) is 19.4. The van der Waals surface area contributed by atoms with Crippen LogP contribution in [0.5, 0.6) is 5.75 Å². The SMILES string of the molecule is CCOC(=O)C1=C(C)NC(=S)N(C(C)=O)C1c1ccc(OC(C)=O)cc1. The molecule has 1 aliphatic rings. The average Bonchev–Trinajstić information content (AvgIpc) is 2.54. The Morgan fingerprint density at radius 3 is 2.31 bits per heavy atom. The van der Waals surface area contributed by atoms with Gasteiger partial charge < -0.3 is 14.8 Å². The van der Waals surface area contributed by atoms with Gasteiger partial charge in [0.1, 0.15) is 5.75 Å². The summed E-state index contributed by atoms with van der Waals surface area (Å²) in [6.07, 6.45) is 0. The Kier molecular flexibility index (Phi) is 6.10. The zero-order valence-electron chi connectivity index (χ0n) is 15.0. The van der Waals surface area contributed by atoms with Gasteiger partial charge in [-0.3, -0.25) is 14.5 Å². The molecular weight excluding hydrogens is 356 g/mol. The maximum atomic E-state index is 12.5. The molecule has 0 fully saturated rings. The van der Waals surface area contributed by atoms with Crippen molar-refractivity contribution in [3.63, 3.8) is 0 Å². The molecule has 1 aliphatic heterocycles. The number of carbonyl (C=O) groups is 3. The van der Waals surface area contributed by atoms with Crippen molar-refractivity contribution in [2.24, 2.45) is 0 Å². The molecule has 1 heterocycles. The highest BCUT2D eigenvalue weighted by Gasteiger charge is 2.38. The Morgan fingerprint density at radius 1 is 1.19 bits per heavy atom. The molecule has 0 bridgehead atoms. The largest absolute Gasteiger partial charge is 0.463 e. The maximum Gasteiger partial charge on any atom is 0.338 e. The molecule has 1 unspecified atom stereocenters. The van der Waals surface area contributed by atoms with Crippen molar-refractivity contribution in [1.82, 2.24) is 10.2 Å². The van der Waals surface area contributed by atoms with E-state index in [-0.39, 0.29) is 17.6 Å². The lowest BCUT2D eigenvalue weighted by atomic mass is 9.93. The number of amides is 1. The van der Waals surface area contributed by atoms with E-state index in [9.17, 15) is 14.4 Å². The summed E-state index contributed by atoms with van der Waals surface area (Å²) in [6, 6.07) is 5.82. The Bertz CT molecular complexity index is 785. The molecule has 0 saturated heterocycles. The van der Waals surface area contributed by atoms with Gasteiger partial charge in [-0.05, 0) is 43.8 Å². The van der Waals surface area contributed by atoms with Crippen molar-refractivity contribution < 1.29 is 23.9 Å². The first-order valence-electron chi connectivity index (χ1n) is 8.03. The Labute approximate surface area is 156 Å². The molecule has 1 atom stereocenters. The molecule has 1 aromatic rings. The highest BCUT2D eigenvalue weighted by Crippen LogP contribution is 2.35. The van der Waals surface area contributed by atoms with Crippen LogP contribution in [0.15, 0.2) is 35.5 Å². The number of hydrogen-bond donors (Lipinski definition) is 1. The van der Waals surface area contributed by atoms with Crippen LogP contribution in [0, 0.1) is 0 Å². The Hall–Kier alpha value is -2.74. The van der Waals surface area contributed by atoms with Gasteiger partial charge in [-0.2, -0.15) is 0 Å². The summed E-state index contributed by atoms with van der Waals surface area (Å²) < 4.78 is 10.2. The van der Waals surface area contributed by atoms with E-state index in [1.807, 2.05) is 0 Å². The van der Waals surface area contributed by atoms with Crippen molar-refractivity contribution >= 4 is 35.2 Å². The standard InChI is InChI=1S/C18H20N2O5S/c1-5-24-17(23)15-10(2)19-18(26)20(11(3)21)16(15)13-6-8-14(9-7-13)25-12(4)22/h6-9,16H,5H2,1-4H3,(H,19,26). The lowest BCUT2D eigenvalue weighted by Crippen LogP contribution is -2.50. The van der Waals surface area contributed by atoms with Gasteiger partial charge in [0.2, 0.25) is 5.91 Å². The van der Waals surface area contributed by atoms with E-state index in [1.54, 1.807) is 38.1 Å². The number of rotatable bonds is 4. The number of hydrogen-bond acceptors (Lipinski definition) is 6. The summed E-state index contributed by atoms with van der Waals surface area (Å²) in [5, 5.41) is 3.09. The highest BCUT2D eigenvalue weighted by molar-refractivity contribution is 7.80. The molecule has 1 N–H and O–H groups in total. The summed E-state index contributed by atoms with van der Waals surface area (Å²) >= 11 is 5.28. The third-order valence-electron chi connectivity index (χ3n) is 3.74. The smallest absolute Gasteiger partial charge is 0.338 e. The number of ether oxygens (including phenoxy) is 2. The fourth-order valence-corrected chi connectivity index (χ4v) is 3.12. The second kappa shape index (κ2) is 8.09. The molecule has 2 rings (SSSR count). The first kappa shape index (κ1) is 19.6. The number of allylic oxidation sites excluding steroid dienone is 1. The molecular formula is C18H20N2O5S. The van der Waals surface area contributed by atoms with E-state index in [0.717, 1.165) is 0 Å². The number of benzene rings is 1. The number of thiocarbonyl (C=S) groups is 1. The van der Waals surface area contributed by atoms with Crippen molar-refractivity contribution in [2.45, 2.75) is 33.7 Å². The molecule has 0 radical (unpaired) electrons. The molecule has 0 saturated carbocycles. The van der Waals surface area contributed by atoms with Crippen LogP contribution in [0.4, 0.5) is 0 Å². The van der Waals surface area contributed by atoms with Crippen LogP contribution in [0.25, 0.3) is 0 Å².